The molecule has 0 unspecified atom stereocenters. The van der Waals surface area contributed by atoms with E-state index >= 15 is 0 Å². The summed E-state index contributed by atoms with van der Waals surface area (Å²) in [6.07, 6.45) is 1.65. The number of carbonyl (C=O) groups is 1. The molecule has 0 spiro atoms. The van der Waals surface area contributed by atoms with Gasteiger partial charge in [0.1, 0.15) is 10.1 Å². The zero-order valence-corrected chi connectivity index (χ0v) is 17.4. The van der Waals surface area contributed by atoms with Gasteiger partial charge in [-0.05, 0) is 36.8 Å². The summed E-state index contributed by atoms with van der Waals surface area (Å²) < 4.78 is 30.4. The van der Waals surface area contributed by atoms with Crippen LogP contribution < -0.4 is 4.18 Å². The Morgan fingerprint density at radius 2 is 1.86 bits per heavy atom. The molecule has 0 atom stereocenters. The average Bonchev–Trinajstić information content (AvgIpc) is 2.95. The zero-order chi connectivity index (χ0) is 21.2. The Hall–Kier alpha value is -2.76. The standard InChI is InChI=1S/C18H14N2O6S3/c1-2-19-17(21)15(28-18(19)27)11-12-7-9-13(10-8-12)26-29(24,25)16-6-4-3-5-14(16)20(22)23/h3-11H,2H2,1H3. The van der Waals surface area contributed by atoms with Crippen molar-refractivity contribution < 1.29 is 22.3 Å². The van der Waals surface area contributed by atoms with Gasteiger partial charge in [0, 0.05) is 12.6 Å². The van der Waals surface area contributed by atoms with Gasteiger partial charge >= 0.3 is 10.1 Å². The number of nitro benzene ring substituents is 1. The smallest absolute Gasteiger partial charge is 0.346 e. The summed E-state index contributed by atoms with van der Waals surface area (Å²) in [4.78, 5) is 23.9. The van der Waals surface area contributed by atoms with Crippen molar-refractivity contribution in [3.63, 3.8) is 0 Å². The molecule has 0 aliphatic carbocycles. The lowest BCUT2D eigenvalue weighted by atomic mass is 10.2. The third kappa shape index (κ3) is 4.47. The van der Waals surface area contributed by atoms with Crippen LogP contribution in [0.4, 0.5) is 5.69 Å². The van der Waals surface area contributed by atoms with Crippen LogP contribution in [0.5, 0.6) is 5.75 Å². The lowest BCUT2D eigenvalue weighted by Gasteiger charge is -2.09. The number of carbonyl (C=O) groups excluding carboxylic acids is 1. The van der Waals surface area contributed by atoms with E-state index in [4.69, 9.17) is 16.4 Å². The SMILES string of the molecule is CCN1C(=O)C(=Cc2ccc(OS(=O)(=O)c3ccccc3[N+](=O)[O-])cc2)SC1=S. The van der Waals surface area contributed by atoms with Crippen LogP contribution in [0, 0.1) is 10.1 Å². The molecule has 2 aromatic carbocycles. The fraction of sp³-hybridized carbons (Fsp3) is 0.111. The van der Waals surface area contributed by atoms with E-state index in [0.29, 0.717) is 21.3 Å². The molecule has 3 rings (SSSR count). The van der Waals surface area contributed by atoms with Gasteiger partial charge in [0.15, 0.2) is 4.90 Å². The van der Waals surface area contributed by atoms with Gasteiger partial charge in [0.25, 0.3) is 11.6 Å². The molecule has 1 saturated heterocycles. The number of nitro groups is 1. The lowest BCUT2D eigenvalue weighted by Crippen LogP contribution is -2.27. The number of para-hydroxylation sites is 1. The number of thioether (sulfide) groups is 1. The maximum absolute atomic E-state index is 12.4. The average molecular weight is 451 g/mol. The Kier molecular flexibility index (Phi) is 6.01. The van der Waals surface area contributed by atoms with Crippen molar-refractivity contribution in [1.82, 2.24) is 4.90 Å². The molecule has 11 heteroatoms. The highest BCUT2D eigenvalue weighted by atomic mass is 32.2. The Bertz CT molecular complexity index is 1130. The van der Waals surface area contributed by atoms with Crippen LogP contribution in [-0.2, 0) is 14.9 Å². The predicted octanol–water partition coefficient (Wildman–Crippen LogP) is 3.58. The van der Waals surface area contributed by atoms with Gasteiger partial charge in [0.05, 0.1) is 9.83 Å². The third-order valence-electron chi connectivity index (χ3n) is 3.90. The van der Waals surface area contributed by atoms with Crippen LogP contribution in [0.15, 0.2) is 58.3 Å². The normalized spacial score (nSPS) is 15.8. The molecule has 0 N–H and O–H groups in total. The van der Waals surface area contributed by atoms with Crippen molar-refractivity contribution in [2.24, 2.45) is 0 Å². The van der Waals surface area contributed by atoms with Crippen molar-refractivity contribution in [1.29, 1.82) is 0 Å². The van der Waals surface area contributed by atoms with E-state index in [1.54, 1.807) is 18.2 Å². The highest BCUT2D eigenvalue weighted by Gasteiger charge is 2.30. The Balaban J connectivity index is 1.81. The molecule has 0 bridgehead atoms. The minimum atomic E-state index is -4.39. The van der Waals surface area contributed by atoms with E-state index in [0.717, 1.165) is 12.1 Å². The number of amides is 1. The second kappa shape index (κ2) is 8.31. The molecular formula is C18H14N2O6S3. The maximum Gasteiger partial charge on any atom is 0.346 e. The highest BCUT2D eigenvalue weighted by molar-refractivity contribution is 8.26. The van der Waals surface area contributed by atoms with E-state index in [1.807, 2.05) is 6.92 Å². The van der Waals surface area contributed by atoms with E-state index in [-0.39, 0.29) is 11.7 Å². The van der Waals surface area contributed by atoms with Crippen LogP contribution in [0.1, 0.15) is 12.5 Å². The molecule has 29 heavy (non-hydrogen) atoms. The molecule has 1 aliphatic rings. The van der Waals surface area contributed by atoms with Gasteiger partial charge in [-0.2, -0.15) is 8.42 Å². The predicted molar refractivity (Wildman–Crippen MR) is 113 cm³/mol. The number of hydrogen-bond acceptors (Lipinski definition) is 8. The molecule has 8 nitrogen and oxygen atoms in total. The molecule has 1 heterocycles. The van der Waals surface area contributed by atoms with Crippen molar-refractivity contribution in [2.45, 2.75) is 11.8 Å². The first-order chi connectivity index (χ1) is 13.7. The van der Waals surface area contributed by atoms with Gasteiger partial charge < -0.3 is 4.18 Å². The van der Waals surface area contributed by atoms with Gasteiger partial charge in [-0.25, -0.2) is 0 Å². The minimum absolute atomic E-state index is 0.0126. The number of hydrogen-bond donors (Lipinski definition) is 0. The zero-order valence-electron chi connectivity index (χ0n) is 15.0. The van der Waals surface area contributed by atoms with Crippen molar-refractivity contribution >= 4 is 56.1 Å². The second-order valence-electron chi connectivity index (χ2n) is 5.76. The summed E-state index contributed by atoms with van der Waals surface area (Å²) in [7, 11) is -4.39. The van der Waals surface area contributed by atoms with Crippen LogP contribution in [-0.4, -0.2) is 35.0 Å². The minimum Gasteiger partial charge on any atom is -0.379 e. The highest BCUT2D eigenvalue weighted by Crippen LogP contribution is 2.33. The molecule has 0 radical (unpaired) electrons. The largest absolute Gasteiger partial charge is 0.379 e. The monoisotopic (exact) mass is 450 g/mol. The molecular weight excluding hydrogens is 436 g/mol. The van der Waals surface area contributed by atoms with E-state index in [1.165, 1.54) is 40.9 Å². The number of nitrogens with zero attached hydrogens (tertiary/aromatic N) is 2. The molecule has 2 aromatic rings. The topological polar surface area (TPSA) is 107 Å². The van der Waals surface area contributed by atoms with Crippen LogP contribution in [0.2, 0.25) is 0 Å². The second-order valence-corrected chi connectivity index (χ2v) is 8.95. The Morgan fingerprint density at radius 3 is 2.45 bits per heavy atom. The third-order valence-corrected chi connectivity index (χ3v) is 6.58. The summed E-state index contributed by atoms with van der Waals surface area (Å²) in [5.74, 6) is -0.191. The first-order valence-corrected chi connectivity index (χ1v) is 10.9. The quantitative estimate of drug-likeness (QED) is 0.216. The number of rotatable bonds is 6. The molecule has 0 saturated carbocycles. The fourth-order valence-corrected chi connectivity index (χ4v) is 5.02. The fourth-order valence-electron chi connectivity index (χ4n) is 2.53. The maximum atomic E-state index is 12.4. The Morgan fingerprint density at radius 1 is 1.21 bits per heavy atom. The lowest BCUT2D eigenvalue weighted by molar-refractivity contribution is -0.387. The van der Waals surface area contributed by atoms with E-state index in [2.05, 4.69) is 0 Å². The van der Waals surface area contributed by atoms with Crippen molar-refractivity contribution in [3.05, 3.63) is 69.1 Å². The summed E-state index contributed by atoms with van der Waals surface area (Å²) >= 11 is 6.35. The van der Waals surface area contributed by atoms with Crippen LogP contribution in [0.3, 0.4) is 0 Å². The van der Waals surface area contributed by atoms with Crippen molar-refractivity contribution in [3.8, 4) is 5.75 Å². The van der Waals surface area contributed by atoms with Gasteiger partial charge in [-0.3, -0.25) is 19.8 Å². The van der Waals surface area contributed by atoms with E-state index < -0.39 is 25.6 Å². The summed E-state index contributed by atoms with van der Waals surface area (Å²) in [6, 6.07) is 10.9. The first kappa shape index (κ1) is 21.0. The van der Waals surface area contributed by atoms with Crippen molar-refractivity contribution in [2.75, 3.05) is 6.54 Å². The molecule has 1 amide bonds. The summed E-state index contributed by atoms with van der Waals surface area (Å²) in [6.45, 7) is 2.32. The molecule has 150 valence electrons. The van der Waals surface area contributed by atoms with E-state index in [9.17, 15) is 23.3 Å². The summed E-state index contributed by atoms with van der Waals surface area (Å²) in [5.41, 5.74) is 0.0825. The van der Waals surface area contributed by atoms with Gasteiger partial charge in [-0.15, -0.1) is 0 Å². The first-order valence-electron chi connectivity index (χ1n) is 8.26. The van der Waals surface area contributed by atoms with Gasteiger partial charge in [-0.1, -0.05) is 48.2 Å². The van der Waals surface area contributed by atoms with Crippen LogP contribution >= 0.6 is 24.0 Å². The summed E-state index contributed by atoms with van der Waals surface area (Å²) in [5, 5.41) is 11.1. The van der Waals surface area contributed by atoms with Gasteiger partial charge in [0.2, 0.25) is 0 Å². The number of benzene rings is 2. The Labute approximate surface area is 176 Å². The molecule has 1 fully saturated rings. The number of likely N-dealkylation sites (N-methyl/N-ethyl adjacent to an activating group) is 1. The molecule has 0 aromatic heterocycles. The molecule has 1 aliphatic heterocycles. The van der Waals surface area contributed by atoms with Crippen LogP contribution in [0.25, 0.3) is 6.08 Å². The number of thiocarbonyl (C=S) groups is 1.